The molecule has 3 aliphatic heterocycles. The van der Waals surface area contributed by atoms with Gasteiger partial charge >= 0.3 is 0 Å². The van der Waals surface area contributed by atoms with Crippen LogP contribution in [-0.2, 0) is 14.3 Å². The number of morpholine rings is 1. The van der Waals surface area contributed by atoms with Crippen molar-refractivity contribution in [2.45, 2.75) is 26.7 Å². The zero-order valence-corrected chi connectivity index (χ0v) is 16.9. The van der Waals surface area contributed by atoms with E-state index in [1.54, 1.807) is 0 Å². The Kier molecular flexibility index (Phi) is 5.51. The van der Waals surface area contributed by atoms with Crippen LogP contribution in [0.3, 0.4) is 0 Å². The molecule has 3 heterocycles. The topological polar surface area (TPSA) is 53.1 Å². The summed E-state index contributed by atoms with van der Waals surface area (Å²) in [4.78, 5) is 32.5. The van der Waals surface area contributed by atoms with Gasteiger partial charge in [-0.25, -0.2) is 0 Å². The lowest BCUT2D eigenvalue weighted by Gasteiger charge is -2.28. The third-order valence-electron chi connectivity index (χ3n) is 5.96. The zero-order chi connectivity index (χ0) is 19.7. The second kappa shape index (κ2) is 8.05. The Balaban J connectivity index is 1.63. The number of rotatable bonds is 5. The van der Waals surface area contributed by atoms with Crippen molar-refractivity contribution in [3.8, 4) is 0 Å². The molecular weight excluding hydrogens is 354 g/mol. The molecule has 0 radical (unpaired) electrons. The number of hydrogen-bond donors (Lipinski definition) is 0. The number of hydrogen-bond acceptors (Lipinski definition) is 5. The van der Waals surface area contributed by atoms with Crippen LogP contribution in [0.25, 0.3) is 5.57 Å². The van der Waals surface area contributed by atoms with Crippen molar-refractivity contribution >= 4 is 17.4 Å². The highest BCUT2D eigenvalue weighted by Gasteiger charge is 2.42. The fourth-order valence-corrected chi connectivity index (χ4v) is 4.40. The molecule has 3 aliphatic rings. The summed E-state index contributed by atoms with van der Waals surface area (Å²) in [5.41, 5.74) is 4.29. The van der Waals surface area contributed by atoms with Crippen LogP contribution in [0.2, 0.25) is 0 Å². The number of ether oxygens (including phenoxy) is 1. The third-order valence-corrected chi connectivity index (χ3v) is 5.96. The van der Waals surface area contributed by atoms with E-state index >= 15 is 0 Å². The van der Waals surface area contributed by atoms with Gasteiger partial charge in [0, 0.05) is 39.3 Å². The maximum absolute atomic E-state index is 13.4. The van der Waals surface area contributed by atoms with Crippen molar-refractivity contribution in [1.82, 2.24) is 14.7 Å². The predicted octanol–water partition coefficient (Wildman–Crippen LogP) is 1.81. The first-order valence-corrected chi connectivity index (χ1v) is 10.3. The van der Waals surface area contributed by atoms with Crippen LogP contribution in [0.1, 0.15) is 29.5 Å². The molecular formula is C22H29N3O3. The number of likely N-dealkylation sites (tertiary alicyclic amines) is 1. The number of nitrogens with zero attached hydrogens (tertiary/aromatic N) is 3. The molecule has 0 saturated carbocycles. The molecule has 0 N–H and O–H groups in total. The summed E-state index contributed by atoms with van der Waals surface area (Å²) in [6, 6.07) is 6.09. The van der Waals surface area contributed by atoms with Crippen LogP contribution in [-0.4, -0.2) is 79.0 Å². The van der Waals surface area contributed by atoms with Crippen molar-refractivity contribution < 1.29 is 14.3 Å². The van der Waals surface area contributed by atoms with E-state index < -0.39 is 0 Å². The minimum absolute atomic E-state index is 0.130. The van der Waals surface area contributed by atoms with E-state index in [4.69, 9.17) is 4.74 Å². The maximum atomic E-state index is 13.4. The first kappa shape index (κ1) is 19.2. The average molecular weight is 383 g/mol. The van der Waals surface area contributed by atoms with Crippen LogP contribution in [0.15, 0.2) is 23.9 Å². The van der Waals surface area contributed by atoms with Gasteiger partial charge in [0.2, 0.25) is 0 Å². The van der Waals surface area contributed by atoms with Crippen LogP contribution in [0.5, 0.6) is 0 Å². The number of imide groups is 1. The monoisotopic (exact) mass is 383 g/mol. The molecule has 0 aliphatic carbocycles. The molecule has 6 heteroatoms. The van der Waals surface area contributed by atoms with Gasteiger partial charge in [-0.15, -0.1) is 0 Å². The van der Waals surface area contributed by atoms with E-state index in [1.165, 1.54) is 4.90 Å². The summed E-state index contributed by atoms with van der Waals surface area (Å²) in [5, 5.41) is 0. The van der Waals surface area contributed by atoms with Crippen LogP contribution >= 0.6 is 0 Å². The van der Waals surface area contributed by atoms with Gasteiger partial charge in [0.25, 0.3) is 11.8 Å². The van der Waals surface area contributed by atoms with Gasteiger partial charge in [-0.3, -0.25) is 19.4 Å². The second-order valence-corrected chi connectivity index (χ2v) is 7.95. The largest absolute Gasteiger partial charge is 0.379 e. The lowest BCUT2D eigenvalue weighted by atomic mass is 9.97. The molecule has 0 spiro atoms. The molecule has 0 bridgehead atoms. The molecule has 0 unspecified atom stereocenters. The lowest BCUT2D eigenvalue weighted by Crippen LogP contribution is -2.44. The van der Waals surface area contributed by atoms with Gasteiger partial charge in [0.15, 0.2) is 0 Å². The van der Waals surface area contributed by atoms with Gasteiger partial charge in [-0.2, -0.15) is 0 Å². The Morgan fingerprint density at radius 1 is 0.929 bits per heavy atom. The highest BCUT2D eigenvalue weighted by molar-refractivity contribution is 6.35. The van der Waals surface area contributed by atoms with Gasteiger partial charge in [-0.05, 0) is 37.8 Å². The van der Waals surface area contributed by atoms with E-state index in [-0.39, 0.29) is 11.8 Å². The normalized spacial score (nSPS) is 21.4. The van der Waals surface area contributed by atoms with Crippen molar-refractivity contribution in [2.75, 3.05) is 52.5 Å². The van der Waals surface area contributed by atoms with Gasteiger partial charge in [0.05, 0.1) is 18.8 Å². The summed E-state index contributed by atoms with van der Waals surface area (Å²) in [7, 11) is 0. The molecule has 6 nitrogen and oxygen atoms in total. The van der Waals surface area contributed by atoms with Crippen molar-refractivity contribution in [2.24, 2.45) is 0 Å². The molecule has 150 valence electrons. The summed E-state index contributed by atoms with van der Waals surface area (Å²) in [6.45, 7) is 10.0. The molecule has 28 heavy (non-hydrogen) atoms. The van der Waals surface area contributed by atoms with E-state index in [0.29, 0.717) is 37.6 Å². The number of benzene rings is 1. The Labute approximate surface area is 166 Å². The second-order valence-electron chi connectivity index (χ2n) is 7.95. The summed E-state index contributed by atoms with van der Waals surface area (Å²) < 4.78 is 5.39. The first-order chi connectivity index (χ1) is 13.6. The quantitative estimate of drug-likeness (QED) is 0.726. The maximum Gasteiger partial charge on any atom is 0.277 e. The molecule has 1 aromatic carbocycles. The van der Waals surface area contributed by atoms with Crippen LogP contribution in [0, 0.1) is 13.8 Å². The van der Waals surface area contributed by atoms with Crippen molar-refractivity contribution in [3.05, 3.63) is 40.6 Å². The summed E-state index contributed by atoms with van der Waals surface area (Å²) >= 11 is 0. The fraction of sp³-hybridized carbons (Fsp3) is 0.545. The molecule has 4 rings (SSSR count). The number of carbonyl (C=O) groups excluding carboxylic acids is 2. The molecule has 2 amide bonds. The Morgan fingerprint density at radius 3 is 2.32 bits per heavy atom. The standard InChI is InChI=1S/C22H29N3O3/c1-16-5-6-18(17(2)15-16)19-20(24-7-3-4-8-24)22(27)25(21(19)26)10-9-23-11-13-28-14-12-23/h5-6,15H,3-4,7-14H2,1-2H3. The van der Waals surface area contributed by atoms with E-state index in [1.807, 2.05) is 26.0 Å². The predicted molar refractivity (Wildman–Crippen MR) is 108 cm³/mol. The van der Waals surface area contributed by atoms with Gasteiger partial charge < -0.3 is 9.64 Å². The smallest absolute Gasteiger partial charge is 0.277 e. The lowest BCUT2D eigenvalue weighted by molar-refractivity contribution is -0.137. The minimum Gasteiger partial charge on any atom is -0.379 e. The number of aryl methyl sites for hydroxylation is 2. The van der Waals surface area contributed by atoms with Crippen molar-refractivity contribution in [1.29, 1.82) is 0 Å². The average Bonchev–Trinajstić information content (AvgIpc) is 3.28. The zero-order valence-electron chi connectivity index (χ0n) is 16.9. The van der Waals surface area contributed by atoms with Crippen molar-refractivity contribution in [3.63, 3.8) is 0 Å². The first-order valence-electron chi connectivity index (χ1n) is 10.3. The Bertz CT molecular complexity index is 805. The van der Waals surface area contributed by atoms with E-state index in [9.17, 15) is 9.59 Å². The highest BCUT2D eigenvalue weighted by atomic mass is 16.5. The third kappa shape index (κ3) is 3.59. The summed E-state index contributed by atoms with van der Waals surface area (Å²) in [6.07, 6.45) is 2.14. The van der Waals surface area contributed by atoms with E-state index in [2.05, 4.69) is 15.9 Å². The molecule has 0 aromatic heterocycles. The fourth-order valence-electron chi connectivity index (χ4n) is 4.40. The van der Waals surface area contributed by atoms with Gasteiger partial charge in [-0.1, -0.05) is 23.8 Å². The number of amides is 2. The molecule has 0 atom stereocenters. The SMILES string of the molecule is Cc1ccc(C2=C(N3CCCC3)C(=O)N(CCN3CCOCC3)C2=O)c(C)c1. The van der Waals surface area contributed by atoms with Gasteiger partial charge in [0.1, 0.15) is 5.70 Å². The Hall–Kier alpha value is -2.18. The minimum atomic E-state index is -0.146. The molecule has 2 fully saturated rings. The van der Waals surface area contributed by atoms with Crippen LogP contribution < -0.4 is 0 Å². The van der Waals surface area contributed by atoms with Crippen LogP contribution in [0.4, 0.5) is 0 Å². The molecule has 1 aromatic rings. The highest BCUT2D eigenvalue weighted by Crippen LogP contribution is 2.34. The molecule has 2 saturated heterocycles. The number of carbonyl (C=O) groups is 2. The Morgan fingerprint density at radius 2 is 1.64 bits per heavy atom. The summed E-state index contributed by atoms with van der Waals surface area (Å²) in [5.74, 6) is -0.276. The van der Waals surface area contributed by atoms with E-state index in [0.717, 1.165) is 55.7 Å².